The van der Waals surface area contributed by atoms with Crippen LogP contribution >= 0.6 is 0 Å². The molecule has 2 N–H and O–H groups in total. The number of rotatable bonds is 7. The molecule has 78 valence electrons. The summed E-state index contributed by atoms with van der Waals surface area (Å²) in [6, 6.07) is 0. The topological polar surface area (TPSA) is 24.1 Å². The summed E-state index contributed by atoms with van der Waals surface area (Å²) in [5, 5.41) is 6.85. The molecule has 0 aliphatic heterocycles. The molecule has 0 spiro atoms. The molecule has 1 atom stereocenters. The lowest BCUT2D eigenvalue weighted by molar-refractivity contribution is 0.511. The quantitative estimate of drug-likeness (QED) is 0.588. The SMILES string of the molecule is CCNCCCNCC1CC1(C)C. The van der Waals surface area contributed by atoms with Gasteiger partial charge in [0.15, 0.2) is 0 Å². The van der Waals surface area contributed by atoms with Crippen LogP contribution < -0.4 is 10.6 Å². The molecule has 0 saturated heterocycles. The van der Waals surface area contributed by atoms with Crippen molar-refractivity contribution in [3.63, 3.8) is 0 Å². The Morgan fingerprint density at radius 2 is 1.85 bits per heavy atom. The minimum absolute atomic E-state index is 0.634. The van der Waals surface area contributed by atoms with E-state index < -0.39 is 0 Å². The fraction of sp³-hybridized carbons (Fsp3) is 1.00. The first-order chi connectivity index (χ1) is 6.17. The van der Waals surface area contributed by atoms with Crippen LogP contribution in [0.25, 0.3) is 0 Å². The number of hydrogen-bond donors (Lipinski definition) is 2. The van der Waals surface area contributed by atoms with Crippen molar-refractivity contribution in [1.29, 1.82) is 0 Å². The van der Waals surface area contributed by atoms with E-state index in [9.17, 15) is 0 Å². The summed E-state index contributed by atoms with van der Waals surface area (Å²) in [7, 11) is 0. The Hall–Kier alpha value is -0.0800. The fourth-order valence-electron chi connectivity index (χ4n) is 1.72. The van der Waals surface area contributed by atoms with Gasteiger partial charge in [0.2, 0.25) is 0 Å². The Bertz CT molecular complexity index is 143. The van der Waals surface area contributed by atoms with Crippen LogP contribution in [0.15, 0.2) is 0 Å². The van der Waals surface area contributed by atoms with Crippen molar-refractivity contribution in [2.45, 2.75) is 33.6 Å². The molecule has 1 aliphatic rings. The van der Waals surface area contributed by atoms with Crippen molar-refractivity contribution in [3.05, 3.63) is 0 Å². The summed E-state index contributed by atoms with van der Waals surface area (Å²) in [6.45, 7) is 11.5. The van der Waals surface area contributed by atoms with Crippen LogP contribution in [-0.4, -0.2) is 26.2 Å². The molecular formula is C11H24N2. The molecule has 1 saturated carbocycles. The molecular weight excluding hydrogens is 160 g/mol. The molecule has 0 aromatic carbocycles. The molecule has 1 unspecified atom stereocenters. The van der Waals surface area contributed by atoms with E-state index in [1.54, 1.807) is 0 Å². The average Bonchev–Trinajstić information content (AvgIpc) is 2.67. The smallest absolute Gasteiger partial charge is 0.00152 e. The second kappa shape index (κ2) is 4.97. The van der Waals surface area contributed by atoms with Crippen molar-refractivity contribution in [3.8, 4) is 0 Å². The van der Waals surface area contributed by atoms with Gasteiger partial charge in [-0.25, -0.2) is 0 Å². The zero-order chi connectivity index (χ0) is 9.73. The highest BCUT2D eigenvalue weighted by Gasteiger charge is 2.44. The first-order valence-corrected chi connectivity index (χ1v) is 5.58. The van der Waals surface area contributed by atoms with Gasteiger partial charge in [0.25, 0.3) is 0 Å². The van der Waals surface area contributed by atoms with E-state index in [1.165, 1.54) is 25.9 Å². The normalized spacial score (nSPS) is 24.7. The van der Waals surface area contributed by atoms with E-state index in [0.29, 0.717) is 5.41 Å². The molecule has 1 rings (SSSR count). The Morgan fingerprint density at radius 3 is 2.38 bits per heavy atom. The molecule has 0 aromatic heterocycles. The van der Waals surface area contributed by atoms with Crippen molar-refractivity contribution in [2.75, 3.05) is 26.2 Å². The highest BCUT2D eigenvalue weighted by molar-refractivity contribution is 4.95. The largest absolute Gasteiger partial charge is 0.317 e. The first-order valence-electron chi connectivity index (χ1n) is 5.58. The van der Waals surface area contributed by atoms with Crippen LogP contribution in [-0.2, 0) is 0 Å². The van der Waals surface area contributed by atoms with Gasteiger partial charge in [0, 0.05) is 0 Å². The van der Waals surface area contributed by atoms with E-state index >= 15 is 0 Å². The summed E-state index contributed by atoms with van der Waals surface area (Å²) in [5.74, 6) is 0.937. The van der Waals surface area contributed by atoms with E-state index in [1.807, 2.05) is 0 Å². The van der Waals surface area contributed by atoms with Crippen molar-refractivity contribution in [1.82, 2.24) is 10.6 Å². The molecule has 0 heterocycles. The van der Waals surface area contributed by atoms with Crippen molar-refractivity contribution < 1.29 is 0 Å². The lowest BCUT2D eigenvalue weighted by Gasteiger charge is -2.06. The third kappa shape index (κ3) is 4.10. The third-order valence-electron chi connectivity index (χ3n) is 3.07. The van der Waals surface area contributed by atoms with Crippen LogP contribution in [0.4, 0.5) is 0 Å². The van der Waals surface area contributed by atoms with Gasteiger partial charge in [-0.3, -0.25) is 0 Å². The number of hydrogen-bond acceptors (Lipinski definition) is 2. The fourth-order valence-corrected chi connectivity index (χ4v) is 1.72. The van der Waals surface area contributed by atoms with Gasteiger partial charge in [-0.15, -0.1) is 0 Å². The molecule has 0 aromatic rings. The van der Waals surface area contributed by atoms with Gasteiger partial charge in [-0.1, -0.05) is 20.8 Å². The Balaban J connectivity index is 1.80. The Labute approximate surface area is 82.5 Å². The van der Waals surface area contributed by atoms with E-state index in [0.717, 1.165) is 19.0 Å². The molecule has 0 bridgehead atoms. The maximum Gasteiger partial charge on any atom is -0.00152 e. The molecule has 2 nitrogen and oxygen atoms in total. The monoisotopic (exact) mass is 184 g/mol. The van der Waals surface area contributed by atoms with Gasteiger partial charge < -0.3 is 10.6 Å². The standard InChI is InChI=1S/C11H24N2/c1-4-12-6-5-7-13-9-10-8-11(10,2)3/h10,12-13H,4-9H2,1-3H3. The van der Waals surface area contributed by atoms with Gasteiger partial charge in [-0.05, 0) is 50.4 Å². The second-order valence-electron chi connectivity index (χ2n) is 4.80. The lowest BCUT2D eigenvalue weighted by atomic mass is 10.1. The lowest BCUT2D eigenvalue weighted by Crippen LogP contribution is -2.24. The summed E-state index contributed by atoms with van der Waals surface area (Å²) < 4.78 is 0. The summed E-state index contributed by atoms with van der Waals surface area (Å²) in [5.41, 5.74) is 0.634. The molecule has 2 heteroatoms. The van der Waals surface area contributed by atoms with Crippen LogP contribution in [0.3, 0.4) is 0 Å². The van der Waals surface area contributed by atoms with Crippen molar-refractivity contribution in [2.24, 2.45) is 11.3 Å². The van der Waals surface area contributed by atoms with Crippen LogP contribution in [0.1, 0.15) is 33.6 Å². The maximum atomic E-state index is 3.52. The second-order valence-corrected chi connectivity index (χ2v) is 4.80. The predicted molar refractivity (Wildman–Crippen MR) is 57.9 cm³/mol. The summed E-state index contributed by atoms with van der Waals surface area (Å²) >= 11 is 0. The molecule has 0 amide bonds. The summed E-state index contributed by atoms with van der Waals surface area (Å²) in [4.78, 5) is 0. The molecule has 0 radical (unpaired) electrons. The maximum absolute atomic E-state index is 3.52. The van der Waals surface area contributed by atoms with Crippen LogP contribution in [0.5, 0.6) is 0 Å². The number of nitrogens with one attached hydrogen (secondary N) is 2. The first kappa shape index (κ1) is 11.0. The van der Waals surface area contributed by atoms with Gasteiger partial charge in [0.1, 0.15) is 0 Å². The van der Waals surface area contributed by atoms with E-state index in [2.05, 4.69) is 31.4 Å². The van der Waals surface area contributed by atoms with Gasteiger partial charge >= 0.3 is 0 Å². The summed E-state index contributed by atoms with van der Waals surface area (Å²) in [6.07, 6.45) is 2.66. The minimum Gasteiger partial charge on any atom is -0.317 e. The van der Waals surface area contributed by atoms with Crippen LogP contribution in [0, 0.1) is 11.3 Å². The van der Waals surface area contributed by atoms with E-state index in [4.69, 9.17) is 0 Å². The molecule has 13 heavy (non-hydrogen) atoms. The van der Waals surface area contributed by atoms with Crippen LogP contribution in [0.2, 0.25) is 0 Å². The minimum atomic E-state index is 0.634. The Kier molecular flexibility index (Phi) is 4.20. The van der Waals surface area contributed by atoms with Gasteiger partial charge in [-0.2, -0.15) is 0 Å². The van der Waals surface area contributed by atoms with Crippen molar-refractivity contribution >= 4 is 0 Å². The highest BCUT2D eigenvalue weighted by Crippen LogP contribution is 2.50. The molecule has 1 aliphatic carbocycles. The van der Waals surface area contributed by atoms with E-state index in [-0.39, 0.29) is 0 Å². The zero-order valence-electron chi connectivity index (χ0n) is 9.32. The molecule has 1 fully saturated rings. The Morgan fingerprint density at radius 1 is 1.23 bits per heavy atom. The predicted octanol–water partition coefficient (Wildman–Crippen LogP) is 1.62. The highest BCUT2D eigenvalue weighted by atomic mass is 14.9. The average molecular weight is 184 g/mol. The van der Waals surface area contributed by atoms with Gasteiger partial charge in [0.05, 0.1) is 0 Å². The zero-order valence-corrected chi connectivity index (χ0v) is 9.32. The third-order valence-corrected chi connectivity index (χ3v) is 3.07.